The number of rotatable bonds is 0. The van der Waals surface area contributed by atoms with Gasteiger partial charge in [-0.3, -0.25) is 0 Å². The highest BCUT2D eigenvalue weighted by molar-refractivity contribution is 4.87. The van der Waals surface area contributed by atoms with E-state index in [0.717, 1.165) is 0 Å². The second kappa shape index (κ2) is 4.52. The minimum Gasteiger partial charge on any atom is -0.460 e. The van der Waals surface area contributed by atoms with Gasteiger partial charge in [-0.05, 0) is 0 Å². The van der Waals surface area contributed by atoms with E-state index in [1.54, 1.807) is 12.2 Å². The van der Waals surface area contributed by atoms with Gasteiger partial charge in [-0.25, -0.2) is 0 Å². The summed E-state index contributed by atoms with van der Waals surface area (Å²) < 4.78 is 3.91. The zero-order valence-corrected chi connectivity index (χ0v) is 3.30. The van der Waals surface area contributed by atoms with Crippen LogP contribution in [0, 0.1) is 24.4 Å². The molecule has 0 bridgehead atoms. The van der Waals surface area contributed by atoms with Gasteiger partial charge in [0.2, 0.25) is 0 Å². The molecule has 0 spiro atoms. The largest absolute Gasteiger partial charge is 0.460 e. The SMILES string of the molecule is OC#COC#CO. The van der Waals surface area contributed by atoms with E-state index in [-0.39, 0.29) is 0 Å². The van der Waals surface area contributed by atoms with E-state index in [0.29, 0.717) is 0 Å². The second-order valence-electron chi connectivity index (χ2n) is 0.530. The molecule has 0 heterocycles. The summed E-state index contributed by atoms with van der Waals surface area (Å²) >= 11 is 0. The van der Waals surface area contributed by atoms with Gasteiger partial charge in [0.25, 0.3) is 0 Å². The van der Waals surface area contributed by atoms with Crippen LogP contribution in [-0.2, 0) is 4.74 Å². The number of hydrogen-bond acceptors (Lipinski definition) is 3. The van der Waals surface area contributed by atoms with Gasteiger partial charge in [0, 0.05) is 0 Å². The molecule has 0 aromatic rings. The lowest BCUT2D eigenvalue weighted by molar-refractivity contribution is 0.435. The molecule has 0 radical (unpaired) electrons. The smallest absolute Gasteiger partial charge is 0.173 e. The lowest BCUT2D eigenvalue weighted by Gasteiger charge is -1.67. The molecule has 0 atom stereocenters. The lowest BCUT2D eigenvalue weighted by atomic mass is 11.1. The number of ether oxygens (including phenoxy) is 1. The van der Waals surface area contributed by atoms with Gasteiger partial charge in [0.05, 0.1) is 0 Å². The Balaban J connectivity index is 3.21. The molecule has 7 heavy (non-hydrogen) atoms. The highest BCUT2D eigenvalue weighted by atomic mass is 16.5. The van der Waals surface area contributed by atoms with Gasteiger partial charge in [-0.15, -0.1) is 0 Å². The quantitative estimate of drug-likeness (QED) is 0.405. The standard InChI is InChI=1S/C4H2O3/c5-1-3-7-4-2-6/h5-6H. The molecular formula is C4H2O3. The zero-order chi connectivity index (χ0) is 5.54. The molecule has 0 aromatic carbocycles. The van der Waals surface area contributed by atoms with Crippen LogP contribution in [0.3, 0.4) is 0 Å². The molecule has 0 aliphatic rings. The fourth-order valence-corrected chi connectivity index (χ4v) is 0.0712. The molecule has 0 aliphatic carbocycles. The molecule has 0 unspecified atom stereocenters. The van der Waals surface area contributed by atoms with Crippen molar-refractivity contribution in [1.82, 2.24) is 0 Å². The van der Waals surface area contributed by atoms with Crippen LogP contribution in [0.2, 0.25) is 0 Å². The van der Waals surface area contributed by atoms with Gasteiger partial charge in [-0.2, -0.15) is 0 Å². The first kappa shape index (κ1) is 5.52. The molecule has 0 saturated carbocycles. The van der Waals surface area contributed by atoms with Crippen molar-refractivity contribution in [2.24, 2.45) is 0 Å². The summed E-state index contributed by atoms with van der Waals surface area (Å²) in [4.78, 5) is 0. The van der Waals surface area contributed by atoms with Gasteiger partial charge in [0.15, 0.2) is 24.4 Å². The Kier molecular flexibility index (Phi) is 3.56. The molecule has 36 valence electrons. The topological polar surface area (TPSA) is 49.7 Å². The van der Waals surface area contributed by atoms with E-state index in [2.05, 4.69) is 4.74 Å². The van der Waals surface area contributed by atoms with Crippen molar-refractivity contribution in [2.75, 3.05) is 0 Å². The second-order valence-corrected chi connectivity index (χ2v) is 0.530. The van der Waals surface area contributed by atoms with Crippen LogP contribution in [0.5, 0.6) is 0 Å². The van der Waals surface area contributed by atoms with Crippen LogP contribution in [-0.4, -0.2) is 10.2 Å². The Morgan fingerprint density at radius 2 is 1.43 bits per heavy atom. The van der Waals surface area contributed by atoms with E-state index in [4.69, 9.17) is 10.2 Å². The normalized spacial score (nSPS) is 4.00. The van der Waals surface area contributed by atoms with Gasteiger partial charge < -0.3 is 14.9 Å². The average Bonchev–Trinajstić information content (AvgIpc) is 1.69. The monoisotopic (exact) mass is 98.0 g/mol. The third-order valence-corrected chi connectivity index (χ3v) is 0.193. The molecule has 2 N–H and O–H groups in total. The molecule has 0 aliphatic heterocycles. The molecule has 3 nitrogen and oxygen atoms in total. The molecule has 0 amide bonds. The first-order valence-corrected chi connectivity index (χ1v) is 1.36. The third-order valence-electron chi connectivity index (χ3n) is 0.193. The number of hydrogen-bond donors (Lipinski definition) is 2. The van der Waals surface area contributed by atoms with Gasteiger partial charge >= 0.3 is 0 Å². The molecule has 0 fully saturated rings. The van der Waals surface area contributed by atoms with Crippen LogP contribution >= 0.6 is 0 Å². The predicted octanol–water partition coefficient (Wildman–Crippen LogP) is -0.415. The Morgan fingerprint density at radius 3 is 1.71 bits per heavy atom. The fourth-order valence-electron chi connectivity index (χ4n) is 0.0712. The highest BCUT2D eigenvalue weighted by Gasteiger charge is 1.58. The maximum absolute atomic E-state index is 7.66. The Bertz CT molecular complexity index is 122. The Hall–Kier alpha value is -1.48. The van der Waals surface area contributed by atoms with Crippen molar-refractivity contribution >= 4 is 0 Å². The fraction of sp³-hybridized carbons (Fsp3) is 0. The number of aliphatic hydroxyl groups excluding tert-OH is 2. The van der Waals surface area contributed by atoms with Crippen LogP contribution in [0.1, 0.15) is 0 Å². The first-order chi connectivity index (χ1) is 3.41. The summed E-state index contributed by atoms with van der Waals surface area (Å²) in [6.07, 6.45) is 6.28. The van der Waals surface area contributed by atoms with Gasteiger partial charge in [-0.1, -0.05) is 0 Å². The summed E-state index contributed by atoms with van der Waals surface area (Å²) in [6, 6.07) is 0. The van der Waals surface area contributed by atoms with Crippen molar-refractivity contribution in [3.8, 4) is 24.4 Å². The van der Waals surface area contributed by atoms with Gasteiger partial charge in [0.1, 0.15) is 0 Å². The summed E-state index contributed by atoms with van der Waals surface area (Å²) in [5.41, 5.74) is 0. The third kappa shape index (κ3) is 4.52. The number of aliphatic hydroxyl groups is 2. The molecule has 0 saturated heterocycles. The van der Waals surface area contributed by atoms with E-state index in [1.807, 2.05) is 0 Å². The Morgan fingerprint density at radius 1 is 1.00 bits per heavy atom. The van der Waals surface area contributed by atoms with Crippen LogP contribution < -0.4 is 0 Å². The van der Waals surface area contributed by atoms with E-state index in [1.165, 1.54) is 12.2 Å². The summed E-state index contributed by atoms with van der Waals surface area (Å²) in [5, 5.41) is 15.3. The van der Waals surface area contributed by atoms with E-state index in [9.17, 15) is 0 Å². The van der Waals surface area contributed by atoms with Crippen LogP contribution in [0.4, 0.5) is 0 Å². The van der Waals surface area contributed by atoms with Crippen molar-refractivity contribution in [1.29, 1.82) is 0 Å². The Labute approximate surface area is 40.5 Å². The summed E-state index contributed by atoms with van der Waals surface area (Å²) in [5.74, 6) is 0. The highest BCUT2D eigenvalue weighted by Crippen LogP contribution is 1.56. The van der Waals surface area contributed by atoms with Crippen molar-refractivity contribution in [3.05, 3.63) is 0 Å². The van der Waals surface area contributed by atoms with Crippen LogP contribution in [0.25, 0.3) is 0 Å². The first-order valence-electron chi connectivity index (χ1n) is 1.36. The molecule has 0 aromatic heterocycles. The molecule has 0 rings (SSSR count). The minimum atomic E-state index is 1.42. The lowest BCUT2D eigenvalue weighted by Crippen LogP contribution is -1.64. The molecule has 3 heteroatoms. The summed E-state index contributed by atoms with van der Waals surface area (Å²) in [7, 11) is 0. The molecular weight excluding hydrogens is 96.0 g/mol. The minimum absolute atomic E-state index is 1.42. The van der Waals surface area contributed by atoms with Crippen molar-refractivity contribution < 1.29 is 14.9 Å². The maximum atomic E-state index is 7.66. The zero-order valence-electron chi connectivity index (χ0n) is 3.30. The van der Waals surface area contributed by atoms with Crippen molar-refractivity contribution in [3.63, 3.8) is 0 Å². The summed E-state index contributed by atoms with van der Waals surface area (Å²) in [6.45, 7) is 0. The van der Waals surface area contributed by atoms with Crippen LogP contribution in [0.15, 0.2) is 0 Å². The van der Waals surface area contributed by atoms with Crippen molar-refractivity contribution in [2.45, 2.75) is 0 Å². The van der Waals surface area contributed by atoms with E-state index >= 15 is 0 Å². The average molecular weight is 98.1 g/mol. The predicted molar refractivity (Wildman–Crippen MR) is 20.5 cm³/mol. The van der Waals surface area contributed by atoms with E-state index < -0.39 is 0 Å². The maximum Gasteiger partial charge on any atom is 0.173 e.